The second kappa shape index (κ2) is 4.31. The Kier molecular flexibility index (Phi) is 3.00. The highest BCUT2D eigenvalue weighted by Crippen LogP contribution is 2.40. The monoisotopic (exact) mass is 242 g/mol. The molecule has 17 heavy (non-hydrogen) atoms. The molecule has 1 fully saturated rings. The number of carboxylic acid groups (broad SMARTS) is 1. The van der Waals surface area contributed by atoms with Crippen LogP contribution in [0.2, 0.25) is 0 Å². The lowest BCUT2D eigenvalue weighted by Crippen LogP contribution is -2.45. The van der Waals surface area contributed by atoms with Crippen molar-refractivity contribution in [3.8, 4) is 5.75 Å². The van der Waals surface area contributed by atoms with Gasteiger partial charge in [0.15, 0.2) is 17.4 Å². The second-order valence-electron chi connectivity index (χ2n) is 4.26. The lowest BCUT2D eigenvalue weighted by Gasteiger charge is -2.40. The number of halogens is 2. The normalized spacial score (nSPS) is 17.3. The first-order chi connectivity index (χ1) is 8.02. The fourth-order valence-electron chi connectivity index (χ4n) is 1.96. The quantitative estimate of drug-likeness (QED) is 0.883. The summed E-state index contributed by atoms with van der Waals surface area (Å²) < 4.78 is 32.0. The van der Waals surface area contributed by atoms with Crippen molar-refractivity contribution in [2.75, 3.05) is 0 Å². The van der Waals surface area contributed by atoms with E-state index in [9.17, 15) is 13.6 Å². The molecule has 0 saturated heterocycles. The van der Waals surface area contributed by atoms with Crippen molar-refractivity contribution in [2.24, 2.45) is 0 Å². The Morgan fingerprint density at radius 2 is 1.94 bits per heavy atom. The van der Waals surface area contributed by atoms with Gasteiger partial charge >= 0.3 is 5.97 Å². The number of ether oxygens (including phenoxy) is 1. The van der Waals surface area contributed by atoms with Crippen molar-refractivity contribution >= 4 is 5.97 Å². The van der Waals surface area contributed by atoms with Crippen molar-refractivity contribution in [1.29, 1.82) is 0 Å². The minimum Gasteiger partial charge on any atom is -0.481 e. The smallest absolute Gasteiger partial charge is 0.307 e. The standard InChI is InChI=1S/C12H12F2O3/c13-8-3-1-4-9(14)11(8)17-12(5-2-6-12)7-10(15)16/h1,3-4H,2,5-7H2,(H,15,16). The van der Waals surface area contributed by atoms with E-state index < -0.39 is 29.0 Å². The molecule has 0 radical (unpaired) electrons. The van der Waals surface area contributed by atoms with E-state index in [4.69, 9.17) is 9.84 Å². The number of rotatable bonds is 4. The molecule has 1 aromatic carbocycles. The molecular formula is C12H12F2O3. The Morgan fingerprint density at radius 3 is 2.35 bits per heavy atom. The molecule has 0 aliphatic heterocycles. The predicted molar refractivity (Wildman–Crippen MR) is 55.8 cm³/mol. The Morgan fingerprint density at radius 1 is 1.35 bits per heavy atom. The van der Waals surface area contributed by atoms with Crippen LogP contribution < -0.4 is 4.74 Å². The van der Waals surface area contributed by atoms with E-state index in [0.717, 1.165) is 18.6 Å². The predicted octanol–water partition coefficient (Wildman–Crippen LogP) is 2.74. The van der Waals surface area contributed by atoms with Crippen LogP contribution in [0.3, 0.4) is 0 Å². The van der Waals surface area contributed by atoms with Gasteiger partial charge in [-0.1, -0.05) is 6.07 Å². The van der Waals surface area contributed by atoms with Gasteiger partial charge in [-0.3, -0.25) is 4.79 Å². The van der Waals surface area contributed by atoms with Gasteiger partial charge in [0, 0.05) is 0 Å². The molecule has 0 bridgehead atoms. The van der Waals surface area contributed by atoms with Crippen molar-refractivity contribution < 1.29 is 23.4 Å². The first-order valence-electron chi connectivity index (χ1n) is 5.37. The topological polar surface area (TPSA) is 46.5 Å². The van der Waals surface area contributed by atoms with Crippen molar-refractivity contribution in [3.63, 3.8) is 0 Å². The van der Waals surface area contributed by atoms with Crippen LogP contribution in [0.4, 0.5) is 8.78 Å². The maximum absolute atomic E-state index is 13.4. The van der Waals surface area contributed by atoms with E-state index in [-0.39, 0.29) is 6.42 Å². The lowest BCUT2D eigenvalue weighted by molar-refractivity contribution is -0.144. The van der Waals surface area contributed by atoms with E-state index >= 15 is 0 Å². The first kappa shape index (κ1) is 11.8. The SMILES string of the molecule is O=C(O)CC1(Oc2c(F)cccc2F)CCC1. The molecule has 5 heteroatoms. The average Bonchev–Trinajstić information content (AvgIpc) is 2.19. The number of carboxylic acids is 1. The highest BCUT2D eigenvalue weighted by Gasteiger charge is 2.42. The zero-order valence-electron chi connectivity index (χ0n) is 9.08. The molecule has 1 aliphatic rings. The van der Waals surface area contributed by atoms with Gasteiger partial charge in [0.25, 0.3) is 0 Å². The number of carbonyl (C=O) groups is 1. The van der Waals surface area contributed by atoms with E-state index in [1.54, 1.807) is 0 Å². The summed E-state index contributed by atoms with van der Waals surface area (Å²) in [5.41, 5.74) is -0.950. The zero-order chi connectivity index (χ0) is 12.5. The Bertz CT molecular complexity index is 421. The molecule has 0 spiro atoms. The molecule has 0 heterocycles. The number of hydrogen-bond donors (Lipinski definition) is 1. The van der Waals surface area contributed by atoms with E-state index in [1.165, 1.54) is 6.07 Å². The van der Waals surface area contributed by atoms with E-state index in [1.807, 2.05) is 0 Å². The molecule has 0 amide bonds. The summed E-state index contributed by atoms with van der Waals surface area (Å²) in [6, 6.07) is 3.42. The van der Waals surface area contributed by atoms with Crippen LogP contribution in [-0.4, -0.2) is 16.7 Å². The van der Waals surface area contributed by atoms with Gasteiger partial charge in [-0.15, -0.1) is 0 Å². The van der Waals surface area contributed by atoms with Crippen LogP contribution in [0.5, 0.6) is 5.75 Å². The van der Waals surface area contributed by atoms with Crippen LogP contribution in [0.25, 0.3) is 0 Å². The van der Waals surface area contributed by atoms with Crippen molar-refractivity contribution in [2.45, 2.75) is 31.3 Å². The maximum atomic E-state index is 13.4. The molecule has 92 valence electrons. The third kappa shape index (κ3) is 2.38. The fraction of sp³-hybridized carbons (Fsp3) is 0.417. The number of benzene rings is 1. The Balaban J connectivity index is 2.21. The summed E-state index contributed by atoms with van der Waals surface area (Å²) in [6.45, 7) is 0. The molecule has 1 saturated carbocycles. The highest BCUT2D eigenvalue weighted by atomic mass is 19.1. The van der Waals surface area contributed by atoms with Gasteiger partial charge in [0.1, 0.15) is 5.60 Å². The Hall–Kier alpha value is -1.65. The summed E-state index contributed by atoms with van der Waals surface area (Å²) in [4.78, 5) is 10.7. The largest absolute Gasteiger partial charge is 0.481 e. The van der Waals surface area contributed by atoms with Crippen LogP contribution in [0.1, 0.15) is 25.7 Å². The van der Waals surface area contributed by atoms with E-state index in [0.29, 0.717) is 12.8 Å². The highest BCUT2D eigenvalue weighted by molar-refractivity contribution is 5.68. The van der Waals surface area contributed by atoms with Gasteiger partial charge < -0.3 is 9.84 Å². The molecule has 1 aromatic rings. The Labute approximate surface area is 97.0 Å². The van der Waals surface area contributed by atoms with E-state index in [2.05, 4.69) is 0 Å². The van der Waals surface area contributed by atoms with Crippen LogP contribution >= 0.6 is 0 Å². The van der Waals surface area contributed by atoms with Gasteiger partial charge in [0.05, 0.1) is 6.42 Å². The summed E-state index contributed by atoms with van der Waals surface area (Å²) >= 11 is 0. The molecule has 1 N–H and O–H groups in total. The number of hydrogen-bond acceptors (Lipinski definition) is 2. The van der Waals surface area contributed by atoms with Gasteiger partial charge in [0.2, 0.25) is 0 Å². The number of aliphatic carboxylic acids is 1. The molecule has 2 rings (SSSR count). The summed E-state index contributed by atoms with van der Waals surface area (Å²) in [7, 11) is 0. The van der Waals surface area contributed by atoms with Crippen LogP contribution in [-0.2, 0) is 4.79 Å². The van der Waals surface area contributed by atoms with Gasteiger partial charge in [-0.25, -0.2) is 8.78 Å². The molecule has 3 nitrogen and oxygen atoms in total. The summed E-state index contributed by atoms with van der Waals surface area (Å²) in [5, 5.41) is 8.76. The average molecular weight is 242 g/mol. The molecule has 1 aliphatic carbocycles. The second-order valence-corrected chi connectivity index (χ2v) is 4.26. The molecule has 0 unspecified atom stereocenters. The van der Waals surface area contributed by atoms with Gasteiger partial charge in [-0.2, -0.15) is 0 Å². The van der Waals surface area contributed by atoms with Crippen LogP contribution in [0.15, 0.2) is 18.2 Å². The molecular weight excluding hydrogens is 230 g/mol. The minimum atomic E-state index is -1.03. The first-order valence-corrected chi connectivity index (χ1v) is 5.37. The van der Waals surface area contributed by atoms with Gasteiger partial charge in [-0.05, 0) is 31.4 Å². The molecule has 0 atom stereocenters. The molecule has 0 aromatic heterocycles. The van der Waals surface area contributed by atoms with Crippen LogP contribution in [0, 0.1) is 11.6 Å². The zero-order valence-corrected chi connectivity index (χ0v) is 9.08. The summed E-state index contributed by atoms with van der Waals surface area (Å²) in [5.74, 6) is -3.11. The third-order valence-corrected chi connectivity index (χ3v) is 2.98. The maximum Gasteiger partial charge on any atom is 0.307 e. The van der Waals surface area contributed by atoms with Crippen molar-refractivity contribution in [1.82, 2.24) is 0 Å². The lowest BCUT2D eigenvalue weighted by atomic mass is 9.77. The number of para-hydroxylation sites is 1. The third-order valence-electron chi connectivity index (χ3n) is 2.98. The van der Waals surface area contributed by atoms with Crippen molar-refractivity contribution in [3.05, 3.63) is 29.8 Å². The fourth-order valence-corrected chi connectivity index (χ4v) is 1.96. The summed E-state index contributed by atoms with van der Waals surface area (Å²) in [6.07, 6.45) is 1.59. The minimum absolute atomic E-state index is 0.235.